The Labute approximate surface area is 176 Å². The quantitative estimate of drug-likeness (QED) is 0.156. The monoisotopic (exact) mass is 444 g/mol. The van der Waals surface area contributed by atoms with E-state index in [4.69, 9.17) is 15.9 Å². The van der Waals surface area contributed by atoms with E-state index in [2.05, 4.69) is 38.5 Å². The lowest BCUT2D eigenvalue weighted by atomic mass is 10.1. The van der Waals surface area contributed by atoms with Gasteiger partial charge in [0.1, 0.15) is 18.1 Å². The molecular formula is C16H24N6O7S. The van der Waals surface area contributed by atoms with Crippen LogP contribution in [0.2, 0.25) is 0 Å². The Morgan fingerprint density at radius 3 is 2.20 bits per heavy atom. The van der Waals surface area contributed by atoms with E-state index in [0.29, 0.717) is 5.69 Å². The van der Waals surface area contributed by atoms with Gasteiger partial charge in [-0.05, 0) is 6.92 Å². The predicted molar refractivity (Wildman–Crippen MR) is 105 cm³/mol. The zero-order chi connectivity index (χ0) is 22.8. The Morgan fingerprint density at radius 2 is 1.70 bits per heavy atom. The summed E-state index contributed by atoms with van der Waals surface area (Å²) in [6.45, 7) is 1.18. The molecular weight excluding hydrogens is 420 g/mol. The number of carbonyl (C=O) groups is 5. The summed E-state index contributed by atoms with van der Waals surface area (Å²) in [5.74, 6) is -5.45. The summed E-state index contributed by atoms with van der Waals surface area (Å²) < 4.78 is 0. The molecule has 1 aromatic rings. The Bertz CT molecular complexity index is 772. The molecule has 0 aromatic carbocycles. The topological polar surface area (TPSA) is 217 Å². The van der Waals surface area contributed by atoms with Crippen molar-refractivity contribution in [1.29, 1.82) is 0 Å². The lowest BCUT2D eigenvalue weighted by molar-refractivity contribution is -0.143. The number of aliphatic carboxylic acids is 2. The largest absolute Gasteiger partial charge is 0.481 e. The molecule has 4 unspecified atom stereocenters. The van der Waals surface area contributed by atoms with Crippen LogP contribution < -0.4 is 21.7 Å². The van der Waals surface area contributed by atoms with Crippen LogP contribution in [0.3, 0.4) is 0 Å². The molecule has 1 rings (SSSR count). The van der Waals surface area contributed by atoms with Gasteiger partial charge in [-0.1, -0.05) is 0 Å². The number of nitrogens with zero attached hydrogens (tertiary/aromatic N) is 1. The molecule has 30 heavy (non-hydrogen) atoms. The highest BCUT2D eigenvalue weighted by Gasteiger charge is 2.30. The van der Waals surface area contributed by atoms with Crippen molar-refractivity contribution in [3.05, 3.63) is 18.2 Å². The summed E-state index contributed by atoms with van der Waals surface area (Å²) >= 11 is 3.99. The normalized spacial score (nSPS) is 14.6. The number of hydrogen-bond acceptors (Lipinski definition) is 8. The summed E-state index contributed by atoms with van der Waals surface area (Å²) in [4.78, 5) is 65.3. The summed E-state index contributed by atoms with van der Waals surface area (Å²) in [5.41, 5.74) is 6.40. The van der Waals surface area contributed by atoms with Crippen LogP contribution in [-0.4, -0.2) is 79.8 Å². The smallest absolute Gasteiger partial charge is 0.325 e. The van der Waals surface area contributed by atoms with Crippen LogP contribution in [0.15, 0.2) is 12.5 Å². The number of carboxylic acids is 2. The summed E-state index contributed by atoms with van der Waals surface area (Å²) in [5, 5.41) is 24.5. The minimum Gasteiger partial charge on any atom is -0.481 e. The molecule has 1 aromatic heterocycles. The van der Waals surface area contributed by atoms with Crippen molar-refractivity contribution in [1.82, 2.24) is 25.9 Å². The number of nitrogens with two attached hydrogens (primary N) is 1. The van der Waals surface area contributed by atoms with Gasteiger partial charge in [-0.2, -0.15) is 12.6 Å². The average Bonchev–Trinajstić information content (AvgIpc) is 3.17. The molecule has 0 spiro atoms. The first-order chi connectivity index (χ1) is 14.0. The zero-order valence-corrected chi connectivity index (χ0v) is 16.9. The first kappa shape index (κ1) is 24.9. The SMILES string of the molecule is CC(NC(=O)C(CC(=O)O)NC(=O)C(CS)NC(=O)C(N)Cc1cnc[nH]1)C(=O)O. The van der Waals surface area contributed by atoms with Gasteiger partial charge in [0.25, 0.3) is 0 Å². The van der Waals surface area contributed by atoms with Gasteiger partial charge in [0, 0.05) is 24.1 Å². The van der Waals surface area contributed by atoms with Crippen LogP contribution in [0.5, 0.6) is 0 Å². The molecule has 0 bridgehead atoms. The highest BCUT2D eigenvalue weighted by Crippen LogP contribution is 2.00. The van der Waals surface area contributed by atoms with Crippen molar-refractivity contribution >= 4 is 42.3 Å². The minimum atomic E-state index is -1.56. The van der Waals surface area contributed by atoms with Crippen LogP contribution in [0.1, 0.15) is 19.0 Å². The number of thiol groups is 1. The maximum Gasteiger partial charge on any atom is 0.325 e. The number of nitrogens with one attached hydrogen (secondary N) is 4. The molecule has 3 amide bonds. The van der Waals surface area contributed by atoms with Crippen molar-refractivity contribution in [2.45, 2.75) is 43.9 Å². The second-order valence-electron chi connectivity index (χ2n) is 6.36. The maximum absolute atomic E-state index is 12.4. The van der Waals surface area contributed by atoms with E-state index in [9.17, 15) is 24.0 Å². The van der Waals surface area contributed by atoms with Gasteiger partial charge in [0.05, 0.1) is 18.8 Å². The first-order valence-corrected chi connectivity index (χ1v) is 9.37. The average molecular weight is 444 g/mol. The highest BCUT2D eigenvalue weighted by molar-refractivity contribution is 7.80. The van der Waals surface area contributed by atoms with E-state index in [-0.39, 0.29) is 12.2 Å². The minimum absolute atomic E-state index is 0.129. The van der Waals surface area contributed by atoms with E-state index < -0.39 is 60.2 Å². The van der Waals surface area contributed by atoms with Gasteiger partial charge in [0.15, 0.2) is 0 Å². The fourth-order valence-corrected chi connectivity index (χ4v) is 2.49. The van der Waals surface area contributed by atoms with Gasteiger partial charge in [-0.25, -0.2) is 4.98 Å². The number of carboxylic acid groups (broad SMARTS) is 2. The molecule has 0 aliphatic heterocycles. The molecule has 1 heterocycles. The lowest BCUT2D eigenvalue weighted by Gasteiger charge is -2.23. The van der Waals surface area contributed by atoms with Crippen molar-refractivity contribution in [2.24, 2.45) is 5.73 Å². The number of hydrogen-bond donors (Lipinski definition) is 8. The summed E-state index contributed by atoms with van der Waals surface area (Å²) in [7, 11) is 0. The lowest BCUT2D eigenvalue weighted by Crippen LogP contribution is -2.58. The Hall–Kier alpha value is -3.13. The Morgan fingerprint density at radius 1 is 1.10 bits per heavy atom. The Kier molecular flexibility index (Phi) is 9.77. The third-order valence-electron chi connectivity index (χ3n) is 3.89. The van der Waals surface area contributed by atoms with Gasteiger partial charge in [0.2, 0.25) is 17.7 Å². The zero-order valence-electron chi connectivity index (χ0n) is 16.0. The summed E-state index contributed by atoms with van der Waals surface area (Å²) in [6.07, 6.45) is 2.24. The summed E-state index contributed by atoms with van der Waals surface area (Å²) in [6, 6.07) is -5.08. The fourth-order valence-electron chi connectivity index (χ4n) is 2.23. The molecule has 0 radical (unpaired) electrons. The van der Waals surface area contributed by atoms with Crippen molar-refractivity contribution in [3.63, 3.8) is 0 Å². The number of imidazole rings is 1. The van der Waals surface area contributed by atoms with Crippen LogP contribution in [0, 0.1) is 0 Å². The maximum atomic E-state index is 12.4. The van der Waals surface area contributed by atoms with Crippen LogP contribution >= 0.6 is 12.6 Å². The standard InChI is InChI=1S/C16H24N6O7S/c1-7(16(28)29)20-14(26)10(3-12(23)24)21-15(27)11(5-30)22-13(25)9(17)2-8-4-18-6-19-8/h4,6-7,9-11,30H,2-3,5,17H2,1H3,(H,18,19)(H,20,26)(H,21,27)(H,22,25)(H,23,24)(H,28,29). The third kappa shape index (κ3) is 8.08. The number of rotatable bonds is 12. The number of amides is 3. The van der Waals surface area contributed by atoms with Gasteiger partial charge < -0.3 is 36.9 Å². The van der Waals surface area contributed by atoms with Crippen molar-refractivity contribution in [2.75, 3.05) is 5.75 Å². The molecule has 0 saturated carbocycles. The fraction of sp³-hybridized carbons (Fsp3) is 0.500. The van der Waals surface area contributed by atoms with Crippen molar-refractivity contribution in [3.8, 4) is 0 Å². The molecule has 0 aliphatic rings. The third-order valence-corrected chi connectivity index (χ3v) is 4.25. The molecule has 0 aliphatic carbocycles. The van der Waals surface area contributed by atoms with Crippen LogP contribution in [0.4, 0.5) is 0 Å². The number of carbonyl (C=O) groups excluding carboxylic acids is 3. The molecule has 4 atom stereocenters. The molecule has 14 heteroatoms. The highest BCUT2D eigenvalue weighted by atomic mass is 32.1. The number of H-pyrrole nitrogens is 1. The molecule has 0 fully saturated rings. The van der Waals surface area contributed by atoms with Crippen molar-refractivity contribution < 1.29 is 34.2 Å². The van der Waals surface area contributed by atoms with Crippen LogP contribution in [-0.2, 0) is 30.4 Å². The van der Waals surface area contributed by atoms with E-state index in [0.717, 1.165) is 0 Å². The van der Waals surface area contributed by atoms with Gasteiger partial charge in [-0.15, -0.1) is 0 Å². The number of aromatic nitrogens is 2. The second-order valence-corrected chi connectivity index (χ2v) is 6.72. The number of aromatic amines is 1. The first-order valence-electron chi connectivity index (χ1n) is 8.74. The molecule has 166 valence electrons. The van der Waals surface area contributed by atoms with E-state index >= 15 is 0 Å². The molecule has 0 saturated heterocycles. The van der Waals surface area contributed by atoms with Gasteiger partial charge in [-0.3, -0.25) is 24.0 Å². The molecule has 13 nitrogen and oxygen atoms in total. The van der Waals surface area contributed by atoms with Gasteiger partial charge >= 0.3 is 11.9 Å². The van der Waals surface area contributed by atoms with E-state index in [1.807, 2.05) is 0 Å². The molecule has 8 N–H and O–H groups in total. The van der Waals surface area contributed by atoms with Crippen LogP contribution in [0.25, 0.3) is 0 Å². The second kappa shape index (κ2) is 11.8. The van der Waals surface area contributed by atoms with E-state index in [1.165, 1.54) is 19.4 Å². The van der Waals surface area contributed by atoms with E-state index in [1.54, 1.807) is 0 Å². The Balaban J connectivity index is 2.76. The predicted octanol–water partition coefficient (Wildman–Crippen LogP) is -2.76.